The molecule has 0 aliphatic carbocycles. The molecule has 1 aromatic carbocycles. The van der Waals surface area contributed by atoms with Crippen LogP contribution in [0, 0.1) is 11.3 Å². The topological polar surface area (TPSA) is 53.3 Å². The Balaban J connectivity index is 1.97. The Morgan fingerprint density at radius 3 is 2.90 bits per heavy atom. The number of para-hydroxylation sites is 1. The molecule has 1 heterocycles. The van der Waals surface area contributed by atoms with Gasteiger partial charge < -0.3 is 4.74 Å². The molecule has 1 atom stereocenters. The van der Waals surface area contributed by atoms with Crippen molar-refractivity contribution in [3.05, 3.63) is 29.8 Å². The van der Waals surface area contributed by atoms with Gasteiger partial charge in [-0.05, 0) is 25.0 Å². The zero-order valence-electron chi connectivity index (χ0n) is 11.8. The molecule has 0 spiro atoms. The van der Waals surface area contributed by atoms with Gasteiger partial charge in [-0.2, -0.15) is 5.26 Å². The molecule has 1 saturated heterocycles. The highest BCUT2D eigenvalue weighted by atomic mass is 16.6. The number of hydrogen-bond donors (Lipinski definition) is 0. The summed E-state index contributed by atoms with van der Waals surface area (Å²) in [4.78, 5) is 13.5. The number of nitrogens with zero attached hydrogens (tertiary/aromatic N) is 2. The molecular formula is C16H20N2O2. The van der Waals surface area contributed by atoms with Crippen molar-refractivity contribution in [3.63, 3.8) is 0 Å². The molecule has 1 amide bonds. The van der Waals surface area contributed by atoms with Gasteiger partial charge in [0.1, 0.15) is 12.2 Å². The van der Waals surface area contributed by atoms with Crippen LogP contribution in [0.25, 0.3) is 0 Å². The van der Waals surface area contributed by atoms with Gasteiger partial charge in [-0.15, -0.1) is 0 Å². The van der Waals surface area contributed by atoms with E-state index in [-0.39, 0.29) is 12.2 Å². The maximum atomic E-state index is 11.9. The van der Waals surface area contributed by atoms with Gasteiger partial charge in [0.25, 0.3) is 0 Å². The smallest absolute Gasteiger partial charge is 0.414 e. The van der Waals surface area contributed by atoms with Crippen LogP contribution in [0.15, 0.2) is 24.3 Å². The molecule has 0 saturated carbocycles. The van der Waals surface area contributed by atoms with Crippen molar-refractivity contribution >= 4 is 11.8 Å². The molecule has 0 bridgehead atoms. The number of ether oxygens (including phenoxy) is 1. The molecule has 1 aliphatic rings. The van der Waals surface area contributed by atoms with Crippen LogP contribution in [0.1, 0.15) is 44.6 Å². The van der Waals surface area contributed by atoms with Crippen LogP contribution >= 0.6 is 0 Å². The third-order valence-corrected chi connectivity index (χ3v) is 3.57. The van der Waals surface area contributed by atoms with Gasteiger partial charge in [-0.1, -0.05) is 38.3 Å². The maximum Gasteiger partial charge on any atom is 0.414 e. The van der Waals surface area contributed by atoms with Gasteiger partial charge in [0.05, 0.1) is 17.8 Å². The lowest BCUT2D eigenvalue weighted by molar-refractivity contribution is 0.135. The summed E-state index contributed by atoms with van der Waals surface area (Å²) in [7, 11) is 0. The van der Waals surface area contributed by atoms with Gasteiger partial charge in [0.15, 0.2) is 0 Å². The van der Waals surface area contributed by atoms with Crippen LogP contribution in [-0.2, 0) is 4.74 Å². The van der Waals surface area contributed by atoms with E-state index in [1.54, 1.807) is 23.1 Å². The molecule has 0 N–H and O–H groups in total. The quantitative estimate of drug-likeness (QED) is 0.739. The first-order valence-electron chi connectivity index (χ1n) is 7.23. The number of benzene rings is 1. The molecule has 20 heavy (non-hydrogen) atoms. The fraction of sp³-hybridized carbons (Fsp3) is 0.500. The summed E-state index contributed by atoms with van der Waals surface area (Å²) in [5, 5.41) is 9.10. The third kappa shape index (κ3) is 3.30. The number of amides is 1. The Bertz CT molecular complexity index is 507. The van der Waals surface area contributed by atoms with E-state index in [2.05, 4.69) is 13.0 Å². The Morgan fingerprint density at radius 2 is 2.15 bits per heavy atom. The van der Waals surface area contributed by atoms with Gasteiger partial charge in [0, 0.05) is 0 Å². The van der Waals surface area contributed by atoms with Crippen molar-refractivity contribution in [1.82, 2.24) is 0 Å². The average Bonchev–Trinajstić information content (AvgIpc) is 2.84. The summed E-state index contributed by atoms with van der Waals surface area (Å²) in [6.07, 6.45) is 5.20. The van der Waals surface area contributed by atoms with Crippen LogP contribution in [-0.4, -0.2) is 18.7 Å². The van der Waals surface area contributed by atoms with Crippen LogP contribution in [0.4, 0.5) is 10.5 Å². The minimum atomic E-state index is -0.340. The first kappa shape index (κ1) is 14.4. The number of anilines is 1. The molecular weight excluding hydrogens is 252 g/mol. The molecule has 1 fully saturated rings. The molecule has 1 aliphatic heterocycles. The Morgan fingerprint density at radius 1 is 1.35 bits per heavy atom. The van der Waals surface area contributed by atoms with E-state index in [0.717, 1.165) is 12.8 Å². The highest BCUT2D eigenvalue weighted by molar-refractivity contribution is 5.91. The van der Waals surface area contributed by atoms with Crippen molar-refractivity contribution in [2.75, 3.05) is 11.4 Å². The second kappa shape index (κ2) is 6.95. The second-order valence-electron chi connectivity index (χ2n) is 5.09. The molecule has 1 aromatic rings. The van der Waals surface area contributed by atoms with Crippen LogP contribution in [0.3, 0.4) is 0 Å². The highest BCUT2D eigenvalue weighted by Gasteiger charge is 2.32. The fourth-order valence-corrected chi connectivity index (χ4v) is 2.47. The third-order valence-electron chi connectivity index (χ3n) is 3.57. The maximum absolute atomic E-state index is 11.9. The van der Waals surface area contributed by atoms with Crippen molar-refractivity contribution in [3.8, 4) is 6.07 Å². The normalized spacial score (nSPS) is 17.9. The number of rotatable bonds is 6. The van der Waals surface area contributed by atoms with Gasteiger partial charge in [-0.3, -0.25) is 4.90 Å². The van der Waals surface area contributed by atoms with Crippen molar-refractivity contribution in [2.45, 2.75) is 45.1 Å². The largest absolute Gasteiger partial charge is 0.444 e. The molecule has 2 rings (SSSR count). The monoisotopic (exact) mass is 272 g/mol. The predicted molar refractivity (Wildman–Crippen MR) is 77.5 cm³/mol. The number of nitriles is 1. The summed E-state index contributed by atoms with van der Waals surface area (Å²) >= 11 is 0. The average molecular weight is 272 g/mol. The van der Waals surface area contributed by atoms with E-state index in [4.69, 9.17) is 10.00 Å². The summed E-state index contributed by atoms with van der Waals surface area (Å²) in [6, 6.07) is 9.26. The summed E-state index contributed by atoms with van der Waals surface area (Å²) in [6.45, 7) is 2.72. The molecule has 0 aromatic heterocycles. The predicted octanol–water partition coefficient (Wildman–Crippen LogP) is 3.85. The van der Waals surface area contributed by atoms with E-state index >= 15 is 0 Å². The van der Waals surface area contributed by atoms with Crippen molar-refractivity contribution in [1.29, 1.82) is 5.26 Å². The summed E-state index contributed by atoms with van der Waals surface area (Å²) in [5.74, 6) is 0. The lowest BCUT2D eigenvalue weighted by atomic mass is 10.1. The van der Waals surface area contributed by atoms with Gasteiger partial charge >= 0.3 is 6.09 Å². The lowest BCUT2D eigenvalue weighted by Gasteiger charge is -2.14. The van der Waals surface area contributed by atoms with Crippen LogP contribution in [0.5, 0.6) is 0 Å². The Kier molecular flexibility index (Phi) is 5.00. The molecule has 0 radical (unpaired) electrons. The van der Waals surface area contributed by atoms with Gasteiger partial charge in [-0.25, -0.2) is 4.79 Å². The minimum Gasteiger partial charge on any atom is -0.444 e. The number of carbonyl (C=O) groups is 1. The van der Waals surface area contributed by atoms with E-state index in [1.807, 2.05) is 6.07 Å². The first-order chi connectivity index (χ1) is 9.76. The zero-order chi connectivity index (χ0) is 14.4. The molecule has 1 unspecified atom stereocenters. The SMILES string of the molecule is CCCCCCC1CN(c2ccccc2C#N)C(=O)O1. The minimum absolute atomic E-state index is 0.0499. The molecule has 4 nitrogen and oxygen atoms in total. The Hall–Kier alpha value is -2.02. The zero-order valence-corrected chi connectivity index (χ0v) is 11.8. The molecule has 106 valence electrons. The number of carbonyl (C=O) groups excluding carboxylic acids is 1. The van der Waals surface area contributed by atoms with Crippen molar-refractivity contribution < 1.29 is 9.53 Å². The van der Waals surface area contributed by atoms with E-state index in [0.29, 0.717) is 17.8 Å². The second-order valence-corrected chi connectivity index (χ2v) is 5.09. The van der Waals surface area contributed by atoms with Gasteiger partial charge in [0.2, 0.25) is 0 Å². The van der Waals surface area contributed by atoms with E-state index in [1.165, 1.54) is 19.3 Å². The lowest BCUT2D eigenvalue weighted by Crippen LogP contribution is -2.25. The summed E-state index contributed by atoms with van der Waals surface area (Å²) < 4.78 is 5.39. The first-order valence-corrected chi connectivity index (χ1v) is 7.23. The Labute approximate surface area is 120 Å². The van der Waals surface area contributed by atoms with Crippen LogP contribution in [0.2, 0.25) is 0 Å². The highest BCUT2D eigenvalue weighted by Crippen LogP contribution is 2.26. The van der Waals surface area contributed by atoms with Crippen molar-refractivity contribution in [2.24, 2.45) is 0 Å². The van der Waals surface area contributed by atoms with E-state index < -0.39 is 0 Å². The number of hydrogen-bond acceptors (Lipinski definition) is 3. The van der Waals surface area contributed by atoms with Crippen LogP contribution < -0.4 is 4.90 Å². The fourth-order valence-electron chi connectivity index (χ4n) is 2.47. The summed E-state index contributed by atoms with van der Waals surface area (Å²) in [5.41, 5.74) is 1.16. The molecule has 4 heteroatoms. The number of unbranched alkanes of at least 4 members (excludes halogenated alkanes) is 3. The standard InChI is InChI=1S/C16H20N2O2/c1-2-3-4-5-9-14-12-18(16(19)20-14)15-10-7-6-8-13(15)11-17/h6-8,10,14H,2-5,9,12H2,1H3. The van der Waals surface area contributed by atoms with E-state index in [9.17, 15) is 4.79 Å². The number of cyclic esters (lactones) is 1.